The summed E-state index contributed by atoms with van der Waals surface area (Å²) >= 11 is 1.87. The molecule has 2 N–H and O–H groups in total. The van der Waals surface area contributed by atoms with E-state index in [2.05, 4.69) is 26.8 Å². The van der Waals surface area contributed by atoms with Crippen LogP contribution in [0.3, 0.4) is 0 Å². The zero-order chi connectivity index (χ0) is 11.8. The van der Waals surface area contributed by atoms with Crippen molar-refractivity contribution in [1.82, 2.24) is 0 Å². The number of aryl methyl sites for hydroxylation is 1. The van der Waals surface area contributed by atoms with Crippen LogP contribution in [0.2, 0.25) is 0 Å². The molecule has 2 rings (SSSR count). The molecule has 1 aliphatic rings. The van der Waals surface area contributed by atoms with Gasteiger partial charge in [0, 0.05) is 9.75 Å². The molecule has 1 aromatic heterocycles. The van der Waals surface area contributed by atoms with Crippen LogP contribution >= 0.6 is 11.3 Å². The second-order valence-electron chi connectivity index (χ2n) is 5.78. The Balaban J connectivity index is 2.14. The lowest BCUT2D eigenvalue weighted by Crippen LogP contribution is -2.26. The third-order valence-electron chi connectivity index (χ3n) is 3.58. The smallest absolute Gasteiger partial charge is 0.102 e. The average molecular weight is 239 g/mol. The van der Waals surface area contributed by atoms with E-state index in [1.165, 1.54) is 29.7 Å². The van der Waals surface area contributed by atoms with Gasteiger partial charge in [0.2, 0.25) is 0 Å². The molecule has 1 aliphatic carbocycles. The summed E-state index contributed by atoms with van der Waals surface area (Å²) in [4.78, 5) is 7.52. The van der Waals surface area contributed by atoms with Crippen molar-refractivity contribution in [3.63, 3.8) is 0 Å². The standard InChI is InChI=1S/C13H21NOS/c1-13(2,3)10-4-5-12-9(6-10)7-11(16-12)8-15-14/h7,10H,4-6,8,14H2,1-3H3. The Bertz CT molecular complexity index is 364. The van der Waals surface area contributed by atoms with Crippen LogP contribution < -0.4 is 5.90 Å². The molecule has 3 heteroatoms. The van der Waals surface area contributed by atoms with Crippen molar-refractivity contribution in [2.24, 2.45) is 17.2 Å². The van der Waals surface area contributed by atoms with Gasteiger partial charge in [-0.2, -0.15) is 0 Å². The molecule has 0 spiro atoms. The Morgan fingerprint density at radius 3 is 2.88 bits per heavy atom. The highest BCUT2D eigenvalue weighted by Crippen LogP contribution is 2.40. The highest BCUT2D eigenvalue weighted by molar-refractivity contribution is 7.12. The van der Waals surface area contributed by atoms with E-state index in [0.29, 0.717) is 12.0 Å². The number of fused-ring (bicyclic) bond motifs is 1. The summed E-state index contributed by atoms with van der Waals surface area (Å²) in [7, 11) is 0. The van der Waals surface area contributed by atoms with E-state index in [-0.39, 0.29) is 0 Å². The van der Waals surface area contributed by atoms with Gasteiger partial charge in [-0.05, 0) is 42.2 Å². The van der Waals surface area contributed by atoms with Crippen LogP contribution in [0.15, 0.2) is 6.07 Å². The fourth-order valence-corrected chi connectivity index (χ4v) is 3.62. The van der Waals surface area contributed by atoms with Gasteiger partial charge in [0.15, 0.2) is 0 Å². The molecule has 90 valence electrons. The van der Waals surface area contributed by atoms with Crippen molar-refractivity contribution in [2.45, 2.75) is 46.6 Å². The summed E-state index contributed by atoms with van der Waals surface area (Å²) in [5.74, 6) is 5.93. The lowest BCUT2D eigenvalue weighted by molar-refractivity contribution is 0.126. The molecule has 0 amide bonds. The topological polar surface area (TPSA) is 35.2 Å². The van der Waals surface area contributed by atoms with Crippen molar-refractivity contribution < 1.29 is 4.84 Å². The van der Waals surface area contributed by atoms with Gasteiger partial charge in [0.05, 0.1) is 0 Å². The second-order valence-corrected chi connectivity index (χ2v) is 7.00. The van der Waals surface area contributed by atoms with Crippen LogP contribution in [-0.4, -0.2) is 0 Å². The van der Waals surface area contributed by atoms with Crippen LogP contribution in [0, 0.1) is 11.3 Å². The lowest BCUT2D eigenvalue weighted by Gasteiger charge is -2.33. The van der Waals surface area contributed by atoms with Crippen molar-refractivity contribution in [3.8, 4) is 0 Å². The molecule has 1 atom stereocenters. The molecule has 1 unspecified atom stereocenters. The first-order chi connectivity index (χ1) is 7.50. The first kappa shape index (κ1) is 12.1. The predicted molar refractivity (Wildman–Crippen MR) is 68.3 cm³/mol. The van der Waals surface area contributed by atoms with Crippen molar-refractivity contribution in [2.75, 3.05) is 0 Å². The molecule has 2 nitrogen and oxygen atoms in total. The fourth-order valence-electron chi connectivity index (χ4n) is 2.48. The minimum Gasteiger partial charge on any atom is -0.299 e. The fraction of sp³-hybridized carbons (Fsp3) is 0.692. The summed E-state index contributed by atoms with van der Waals surface area (Å²) in [5, 5.41) is 0. The van der Waals surface area contributed by atoms with E-state index < -0.39 is 0 Å². The average Bonchev–Trinajstić information content (AvgIpc) is 2.57. The van der Waals surface area contributed by atoms with E-state index in [1.807, 2.05) is 11.3 Å². The molecule has 16 heavy (non-hydrogen) atoms. The van der Waals surface area contributed by atoms with E-state index in [0.717, 1.165) is 5.92 Å². The van der Waals surface area contributed by atoms with Gasteiger partial charge < -0.3 is 0 Å². The van der Waals surface area contributed by atoms with Gasteiger partial charge in [0.25, 0.3) is 0 Å². The van der Waals surface area contributed by atoms with Crippen LogP contribution in [-0.2, 0) is 24.3 Å². The van der Waals surface area contributed by atoms with Gasteiger partial charge in [0.1, 0.15) is 6.61 Å². The predicted octanol–water partition coefficient (Wildman–Crippen LogP) is 3.29. The third-order valence-corrected chi connectivity index (χ3v) is 4.79. The van der Waals surface area contributed by atoms with E-state index in [4.69, 9.17) is 10.7 Å². The minimum atomic E-state index is 0.421. The van der Waals surface area contributed by atoms with Crippen LogP contribution in [0.1, 0.15) is 42.5 Å². The van der Waals surface area contributed by atoms with Gasteiger partial charge >= 0.3 is 0 Å². The maximum Gasteiger partial charge on any atom is 0.102 e. The summed E-state index contributed by atoms with van der Waals surface area (Å²) in [5.41, 5.74) is 1.95. The highest BCUT2D eigenvalue weighted by atomic mass is 32.1. The lowest BCUT2D eigenvalue weighted by atomic mass is 9.72. The summed E-state index contributed by atoms with van der Waals surface area (Å²) < 4.78 is 0. The van der Waals surface area contributed by atoms with Crippen molar-refractivity contribution in [1.29, 1.82) is 0 Å². The Kier molecular flexibility index (Phi) is 3.38. The maximum atomic E-state index is 5.12. The van der Waals surface area contributed by atoms with E-state index >= 15 is 0 Å². The molecular weight excluding hydrogens is 218 g/mol. The second kappa shape index (κ2) is 4.47. The largest absolute Gasteiger partial charge is 0.299 e. The molecule has 0 saturated heterocycles. The normalized spacial score (nSPS) is 20.9. The molecule has 0 radical (unpaired) electrons. The van der Waals surface area contributed by atoms with Gasteiger partial charge in [-0.3, -0.25) is 4.84 Å². The third kappa shape index (κ3) is 2.47. The minimum absolute atomic E-state index is 0.421. The van der Waals surface area contributed by atoms with Crippen molar-refractivity contribution >= 4 is 11.3 Å². The Hall–Kier alpha value is -0.380. The molecular formula is C13H21NOS. The SMILES string of the molecule is CC(C)(C)C1CCc2sc(CON)cc2C1. The van der Waals surface area contributed by atoms with Crippen LogP contribution in [0.25, 0.3) is 0 Å². The quantitative estimate of drug-likeness (QED) is 0.804. The van der Waals surface area contributed by atoms with Crippen LogP contribution in [0.4, 0.5) is 0 Å². The first-order valence-electron chi connectivity index (χ1n) is 5.93. The summed E-state index contributed by atoms with van der Waals surface area (Å²) in [6.45, 7) is 7.59. The number of nitrogens with two attached hydrogens (primary N) is 1. The van der Waals surface area contributed by atoms with Crippen molar-refractivity contribution in [3.05, 3.63) is 21.4 Å². The molecule has 1 aromatic rings. The maximum absolute atomic E-state index is 5.12. The van der Waals surface area contributed by atoms with Gasteiger partial charge in [-0.1, -0.05) is 20.8 Å². The molecule has 0 aliphatic heterocycles. The number of hydrogen-bond donors (Lipinski definition) is 1. The van der Waals surface area contributed by atoms with Gasteiger partial charge in [-0.25, -0.2) is 5.90 Å². The number of thiophene rings is 1. The molecule has 1 heterocycles. The molecule has 0 bridgehead atoms. The monoisotopic (exact) mass is 239 g/mol. The highest BCUT2D eigenvalue weighted by Gasteiger charge is 2.29. The van der Waals surface area contributed by atoms with E-state index in [9.17, 15) is 0 Å². The number of rotatable bonds is 2. The first-order valence-corrected chi connectivity index (χ1v) is 6.74. The Morgan fingerprint density at radius 2 is 2.25 bits per heavy atom. The zero-order valence-electron chi connectivity index (χ0n) is 10.4. The molecule has 0 aromatic carbocycles. The van der Waals surface area contributed by atoms with Crippen LogP contribution in [0.5, 0.6) is 0 Å². The van der Waals surface area contributed by atoms with E-state index in [1.54, 1.807) is 4.88 Å². The number of hydrogen-bond acceptors (Lipinski definition) is 3. The zero-order valence-corrected chi connectivity index (χ0v) is 11.2. The Labute approximate surface area is 102 Å². The Morgan fingerprint density at radius 1 is 1.50 bits per heavy atom. The molecule has 0 fully saturated rings. The summed E-state index contributed by atoms with van der Waals surface area (Å²) in [6, 6.07) is 2.28. The summed E-state index contributed by atoms with van der Waals surface area (Å²) in [6.07, 6.45) is 3.77. The van der Waals surface area contributed by atoms with Gasteiger partial charge in [-0.15, -0.1) is 11.3 Å². The molecule has 0 saturated carbocycles.